The van der Waals surface area contributed by atoms with Gasteiger partial charge in [0.05, 0.1) is 0 Å². The van der Waals surface area contributed by atoms with E-state index in [0.717, 1.165) is 18.7 Å². The van der Waals surface area contributed by atoms with E-state index in [9.17, 15) is 0 Å². The second-order valence-corrected chi connectivity index (χ2v) is 3.52. The van der Waals surface area contributed by atoms with Crippen molar-refractivity contribution >= 4 is 17.5 Å². The average molecular weight is 210 g/mol. The molecule has 0 saturated heterocycles. The highest BCUT2D eigenvalue weighted by Crippen LogP contribution is 2.10. The van der Waals surface area contributed by atoms with Gasteiger partial charge in [0.1, 0.15) is 12.2 Å². The Hall–Kier alpha value is -1.50. The number of aromatic nitrogens is 5. The number of hydrogen-bond acceptors (Lipinski definition) is 6. The quantitative estimate of drug-likeness (QED) is 0.804. The molecule has 14 heavy (non-hydrogen) atoms. The van der Waals surface area contributed by atoms with E-state index in [-0.39, 0.29) is 5.95 Å². The summed E-state index contributed by atoms with van der Waals surface area (Å²) in [7, 11) is 0. The lowest BCUT2D eigenvalue weighted by Gasteiger charge is -1.89. The molecule has 2 N–H and O–H groups in total. The van der Waals surface area contributed by atoms with Crippen LogP contribution >= 0.6 is 11.5 Å². The summed E-state index contributed by atoms with van der Waals surface area (Å²) in [5.74, 6) is 1.10. The summed E-state index contributed by atoms with van der Waals surface area (Å²) in [6.45, 7) is 2.09. The molecule has 2 heterocycles. The highest BCUT2D eigenvalue weighted by Gasteiger charge is 2.06. The van der Waals surface area contributed by atoms with Gasteiger partial charge in [-0.15, -0.1) is 5.10 Å². The second-order valence-electron chi connectivity index (χ2n) is 2.79. The maximum atomic E-state index is 5.39. The van der Waals surface area contributed by atoms with Gasteiger partial charge in [-0.3, -0.25) is 0 Å². The predicted molar refractivity (Wildman–Crippen MR) is 53.2 cm³/mol. The molecule has 0 aliphatic heterocycles. The van der Waals surface area contributed by atoms with Gasteiger partial charge in [0.2, 0.25) is 11.1 Å². The first-order valence-corrected chi connectivity index (χ1v) is 5.07. The van der Waals surface area contributed by atoms with Crippen molar-refractivity contribution in [2.75, 3.05) is 5.73 Å². The summed E-state index contributed by atoms with van der Waals surface area (Å²) in [6, 6.07) is 0. The standard InChI is InChI=1S/C7H10N6S/c1-2-3-5-10-7(14-12-5)13-4-9-6(8)11-13/h4H,2-3H2,1H3,(H2,8,11). The van der Waals surface area contributed by atoms with Crippen LogP contribution in [0.5, 0.6) is 0 Å². The Morgan fingerprint density at radius 3 is 3.07 bits per heavy atom. The number of nitrogen functional groups attached to an aromatic ring is 1. The van der Waals surface area contributed by atoms with Gasteiger partial charge in [-0.2, -0.15) is 9.06 Å². The van der Waals surface area contributed by atoms with Crippen LogP contribution in [0.1, 0.15) is 19.2 Å². The lowest BCUT2D eigenvalue weighted by molar-refractivity contribution is 0.826. The normalized spacial score (nSPS) is 10.6. The molecule has 0 radical (unpaired) electrons. The van der Waals surface area contributed by atoms with Gasteiger partial charge in [0.25, 0.3) is 0 Å². The van der Waals surface area contributed by atoms with E-state index >= 15 is 0 Å². The molecule has 0 aliphatic rings. The molecule has 7 heteroatoms. The summed E-state index contributed by atoms with van der Waals surface area (Å²) in [5.41, 5.74) is 5.39. The Kier molecular flexibility index (Phi) is 2.40. The number of anilines is 1. The van der Waals surface area contributed by atoms with Crippen molar-refractivity contribution in [3.05, 3.63) is 12.2 Å². The van der Waals surface area contributed by atoms with E-state index in [1.165, 1.54) is 22.5 Å². The Morgan fingerprint density at radius 1 is 1.57 bits per heavy atom. The first kappa shape index (κ1) is 9.07. The zero-order valence-electron chi connectivity index (χ0n) is 7.71. The molecule has 0 fully saturated rings. The zero-order chi connectivity index (χ0) is 9.97. The van der Waals surface area contributed by atoms with E-state index in [1.54, 1.807) is 0 Å². The first-order chi connectivity index (χ1) is 6.79. The summed E-state index contributed by atoms with van der Waals surface area (Å²) in [6.07, 6.45) is 3.46. The molecule has 0 saturated carbocycles. The molecule has 0 atom stereocenters. The van der Waals surface area contributed by atoms with Crippen molar-refractivity contribution in [1.29, 1.82) is 0 Å². The minimum atomic E-state index is 0.247. The van der Waals surface area contributed by atoms with Crippen molar-refractivity contribution in [3.63, 3.8) is 0 Å². The van der Waals surface area contributed by atoms with Crippen LogP contribution in [0.25, 0.3) is 5.13 Å². The fourth-order valence-electron chi connectivity index (χ4n) is 1.03. The van der Waals surface area contributed by atoms with Crippen LogP contribution in [-0.4, -0.2) is 24.1 Å². The summed E-state index contributed by atoms with van der Waals surface area (Å²) in [4.78, 5) is 8.11. The van der Waals surface area contributed by atoms with Crippen LogP contribution in [0, 0.1) is 0 Å². The van der Waals surface area contributed by atoms with E-state index in [4.69, 9.17) is 5.73 Å². The number of nitrogens with two attached hydrogens (primary N) is 1. The summed E-state index contributed by atoms with van der Waals surface area (Å²) >= 11 is 1.30. The zero-order valence-corrected chi connectivity index (χ0v) is 8.53. The largest absolute Gasteiger partial charge is 0.366 e. The number of rotatable bonds is 3. The van der Waals surface area contributed by atoms with Gasteiger partial charge in [-0.25, -0.2) is 9.97 Å². The van der Waals surface area contributed by atoms with Gasteiger partial charge >= 0.3 is 0 Å². The molecule has 6 nitrogen and oxygen atoms in total. The topological polar surface area (TPSA) is 82.5 Å². The minimum Gasteiger partial charge on any atom is -0.366 e. The molecule has 0 aromatic carbocycles. The van der Waals surface area contributed by atoms with Crippen LogP contribution in [0.15, 0.2) is 6.33 Å². The lowest BCUT2D eigenvalue weighted by atomic mass is 10.3. The third-order valence-electron chi connectivity index (χ3n) is 1.64. The van der Waals surface area contributed by atoms with E-state index in [2.05, 4.69) is 26.4 Å². The van der Waals surface area contributed by atoms with Crippen molar-refractivity contribution in [2.45, 2.75) is 19.8 Å². The fourth-order valence-corrected chi connectivity index (χ4v) is 1.67. The monoisotopic (exact) mass is 210 g/mol. The molecule has 2 rings (SSSR count). The van der Waals surface area contributed by atoms with Gasteiger partial charge < -0.3 is 5.73 Å². The van der Waals surface area contributed by atoms with Gasteiger partial charge in [0.15, 0.2) is 0 Å². The molecule has 0 amide bonds. The molecule has 0 aliphatic carbocycles. The van der Waals surface area contributed by atoms with E-state index < -0.39 is 0 Å². The number of nitrogens with zero attached hydrogens (tertiary/aromatic N) is 5. The van der Waals surface area contributed by atoms with Crippen LogP contribution in [0.4, 0.5) is 5.95 Å². The van der Waals surface area contributed by atoms with Crippen molar-refractivity contribution in [2.24, 2.45) is 0 Å². The molecule has 0 bridgehead atoms. The third kappa shape index (κ3) is 1.72. The molecule has 0 unspecified atom stereocenters. The second kappa shape index (κ2) is 3.70. The van der Waals surface area contributed by atoms with Crippen molar-refractivity contribution in [1.82, 2.24) is 24.1 Å². The van der Waals surface area contributed by atoms with Gasteiger partial charge in [0, 0.05) is 18.0 Å². The van der Waals surface area contributed by atoms with Crippen molar-refractivity contribution in [3.8, 4) is 5.13 Å². The van der Waals surface area contributed by atoms with Gasteiger partial charge in [-0.1, -0.05) is 6.92 Å². The lowest BCUT2D eigenvalue weighted by Crippen LogP contribution is -1.96. The third-order valence-corrected chi connectivity index (χ3v) is 2.38. The van der Waals surface area contributed by atoms with Crippen LogP contribution < -0.4 is 5.73 Å². The highest BCUT2D eigenvalue weighted by molar-refractivity contribution is 7.08. The predicted octanol–water partition coefficient (Wildman–Crippen LogP) is 0.654. The van der Waals surface area contributed by atoms with E-state index in [0.29, 0.717) is 5.13 Å². The molecular weight excluding hydrogens is 200 g/mol. The Labute approximate surface area is 85.0 Å². The fraction of sp³-hybridized carbons (Fsp3) is 0.429. The first-order valence-electron chi connectivity index (χ1n) is 4.29. The smallest absolute Gasteiger partial charge is 0.239 e. The molecular formula is C7H10N6S. The SMILES string of the molecule is CCCc1nsc(-n2cnc(N)n2)n1. The van der Waals surface area contributed by atoms with Crippen LogP contribution in [0.2, 0.25) is 0 Å². The Morgan fingerprint density at radius 2 is 2.43 bits per heavy atom. The highest BCUT2D eigenvalue weighted by atomic mass is 32.1. The van der Waals surface area contributed by atoms with Crippen LogP contribution in [0.3, 0.4) is 0 Å². The van der Waals surface area contributed by atoms with Crippen molar-refractivity contribution < 1.29 is 0 Å². The molecule has 74 valence electrons. The summed E-state index contributed by atoms with van der Waals surface area (Å²) < 4.78 is 5.73. The Bertz CT molecular complexity index is 419. The molecule has 2 aromatic heterocycles. The molecule has 2 aromatic rings. The van der Waals surface area contributed by atoms with E-state index in [1.807, 2.05) is 0 Å². The maximum Gasteiger partial charge on any atom is 0.239 e. The maximum absolute atomic E-state index is 5.39. The molecule has 0 spiro atoms. The number of hydrogen-bond donors (Lipinski definition) is 1. The minimum absolute atomic E-state index is 0.247. The van der Waals surface area contributed by atoms with Crippen LogP contribution in [-0.2, 0) is 6.42 Å². The number of aryl methyl sites for hydroxylation is 1. The Balaban J connectivity index is 2.24. The summed E-state index contributed by atoms with van der Waals surface area (Å²) in [5, 5.41) is 4.65. The van der Waals surface area contributed by atoms with Gasteiger partial charge in [-0.05, 0) is 6.42 Å². The average Bonchev–Trinajstić information content (AvgIpc) is 2.74.